The normalized spacial score (nSPS) is 16.1. The number of hydrogen-bond acceptors (Lipinski definition) is 6. The maximum atomic E-state index is 9.23. The van der Waals surface area contributed by atoms with Crippen molar-refractivity contribution in [2.24, 2.45) is 0 Å². The minimum Gasteiger partial charge on any atom is -0.422 e. The van der Waals surface area contributed by atoms with Crippen molar-refractivity contribution in [1.29, 1.82) is 5.41 Å². The lowest BCUT2D eigenvalue weighted by molar-refractivity contribution is 0.168. The lowest BCUT2D eigenvalue weighted by Crippen LogP contribution is -2.32. The van der Waals surface area contributed by atoms with E-state index < -0.39 is 0 Å². The third-order valence-electron chi connectivity index (χ3n) is 2.41. The summed E-state index contributed by atoms with van der Waals surface area (Å²) in [6, 6.07) is 0. The van der Waals surface area contributed by atoms with Crippen LogP contribution in [0.2, 0.25) is 0 Å². The van der Waals surface area contributed by atoms with E-state index in [2.05, 4.69) is 16.0 Å². The number of nitrogens with one attached hydrogen (secondary N) is 1. The molecule has 4 N–H and O–H groups in total. The molecule has 0 fully saturated rings. The SMILES string of the molecule is N=c1nc(N2CC=CCCC2)nc(N)n1O. The number of rotatable bonds is 1. The van der Waals surface area contributed by atoms with Crippen molar-refractivity contribution >= 4 is 11.9 Å². The van der Waals surface area contributed by atoms with Gasteiger partial charge in [0.2, 0.25) is 11.9 Å². The first-order valence-electron chi connectivity index (χ1n) is 5.09. The molecule has 7 heteroatoms. The molecule has 0 unspecified atom stereocenters. The Morgan fingerprint density at radius 3 is 2.94 bits per heavy atom. The first-order valence-corrected chi connectivity index (χ1v) is 5.09. The highest BCUT2D eigenvalue weighted by atomic mass is 16.5. The van der Waals surface area contributed by atoms with E-state index in [0.29, 0.717) is 17.2 Å². The van der Waals surface area contributed by atoms with Gasteiger partial charge in [-0.3, -0.25) is 5.41 Å². The van der Waals surface area contributed by atoms with E-state index in [1.54, 1.807) is 0 Å². The van der Waals surface area contributed by atoms with Crippen LogP contribution in [0.3, 0.4) is 0 Å². The van der Waals surface area contributed by atoms with Crippen LogP contribution in [0.1, 0.15) is 12.8 Å². The molecule has 86 valence electrons. The third kappa shape index (κ3) is 1.97. The van der Waals surface area contributed by atoms with Gasteiger partial charge in [0, 0.05) is 13.1 Å². The summed E-state index contributed by atoms with van der Waals surface area (Å²) in [6.45, 7) is 1.52. The fraction of sp³-hybridized carbons (Fsp3) is 0.444. The topological polar surface area (TPSA) is 104 Å². The van der Waals surface area contributed by atoms with Gasteiger partial charge in [-0.2, -0.15) is 9.97 Å². The molecule has 1 aromatic rings. The molecule has 0 radical (unpaired) electrons. The summed E-state index contributed by atoms with van der Waals surface area (Å²) in [5, 5.41) is 16.6. The van der Waals surface area contributed by atoms with Crippen LogP contribution in [0.25, 0.3) is 0 Å². The predicted octanol–water partition coefficient (Wildman–Crippen LogP) is -0.267. The summed E-state index contributed by atoms with van der Waals surface area (Å²) in [5.41, 5.74) is 5.15. The second kappa shape index (κ2) is 4.21. The van der Waals surface area contributed by atoms with Crippen molar-refractivity contribution < 1.29 is 5.21 Å². The third-order valence-corrected chi connectivity index (χ3v) is 2.41. The van der Waals surface area contributed by atoms with Crippen LogP contribution < -0.4 is 16.3 Å². The molecule has 0 aliphatic carbocycles. The van der Waals surface area contributed by atoms with E-state index in [1.807, 2.05) is 11.0 Å². The van der Waals surface area contributed by atoms with Crippen molar-refractivity contribution in [1.82, 2.24) is 14.7 Å². The molecule has 0 saturated heterocycles. The maximum Gasteiger partial charge on any atom is 0.262 e. The van der Waals surface area contributed by atoms with E-state index in [4.69, 9.17) is 11.1 Å². The minimum absolute atomic E-state index is 0.122. The number of hydrogen-bond donors (Lipinski definition) is 3. The molecule has 1 aliphatic heterocycles. The molecule has 2 rings (SSSR count). The highest BCUT2D eigenvalue weighted by molar-refractivity contribution is 5.34. The number of aromatic nitrogens is 3. The van der Waals surface area contributed by atoms with Crippen LogP contribution in [0, 0.1) is 5.41 Å². The number of nitrogen functional groups attached to an aromatic ring is 1. The van der Waals surface area contributed by atoms with Gasteiger partial charge < -0.3 is 15.8 Å². The minimum atomic E-state index is -0.310. The lowest BCUT2D eigenvalue weighted by Gasteiger charge is -2.19. The Bertz CT molecular complexity index is 466. The molecular formula is C9H14N6O. The van der Waals surface area contributed by atoms with Crippen molar-refractivity contribution in [3.63, 3.8) is 0 Å². The molecule has 0 bridgehead atoms. The Hall–Kier alpha value is -2.05. The standard InChI is InChI=1S/C9H14N6O/c10-7-12-9(13-8(11)15(7)16)14-5-3-1-2-4-6-14/h1,3,16H,2,4-6H2,(H3,10,11,12,13). The number of anilines is 2. The van der Waals surface area contributed by atoms with Crippen molar-refractivity contribution in [3.05, 3.63) is 17.8 Å². The van der Waals surface area contributed by atoms with Crippen molar-refractivity contribution in [2.75, 3.05) is 23.7 Å². The fourth-order valence-electron chi connectivity index (χ4n) is 1.56. The van der Waals surface area contributed by atoms with Crippen LogP contribution in [0.5, 0.6) is 0 Å². The van der Waals surface area contributed by atoms with E-state index in [0.717, 1.165) is 19.4 Å². The Morgan fingerprint density at radius 2 is 2.19 bits per heavy atom. The number of nitrogens with two attached hydrogens (primary N) is 1. The van der Waals surface area contributed by atoms with E-state index in [-0.39, 0.29) is 11.6 Å². The largest absolute Gasteiger partial charge is 0.422 e. The van der Waals surface area contributed by atoms with Crippen LogP contribution in [0.4, 0.5) is 11.9 Å². The van der Waals surface area contributed by atoms with E-state index >= 15 is 0 Å². The molecule has 0 amide bonds. The predicted molar refractivity (Wildman–Crippen MR) is 58.1 cm³/mol. The Labute approximate surface area is 92.3 Å². The van der Waals surface area contributed by atoms with E-state index in [1.165, 1.54) is 0 Å². The van der Waals surface area contributed by atoms with Gasteiger partial charge in [-0.15, -0.1) is 4.73 Å². The van der Waals surface area contributed by atoms with Gasteiger partial charge in [0.1, 0.15) is 0 Å². The van der Waals surface area contributed by atoms with Gasteiger partial charge in [-0.1, -0.05) is 12.2 Å². The molecular weight excluding hydrogens is 208 g/mol. The Balaban J connectivity index is 2.33. The molecule has 0 spiro atoms. The first-order chi connectivity index (χ1) is 7.68. The highest BCUT2D eigenvalue weighted by Gasteiger charge is 2.12. The monoisotopic (exact) mass is 222 g/mol. The second-order valence-corrected chi connectivity index (χ2v) is 3.58. The molecule has 0 saturated carbocycles. The maximum absolute atomic E-state index is 9.23. The molecule has 0 atom stereocenters. The quantitative estimate of drug-likeness (QED) is 0.448. The molecule has 2 heterocycles. The molecule has 7 nitrogen and oxygen atoms in total. The van der Waals surface area contributed by atoms with Crippen molar-refractivity contribution in [3.8, 4) is 0 Å². The number of nitrogens with zero attached hydrogens (tertiary/aromatic N) is 4. The van der Waals surface area contributed by atoms with Gasteiger partial charge in [0.25, 0.3) is 5.62 Å². The average Bonchev–Trinajstić information content (AvgIpc) is 2.53. The van der Waals surface area contributed by atoms with Gasteiger partial charge >= 0.3 is 0 Å². The summed E-state index contributed by atoms with van der Waals surface area (Å²) in [7, 11) is 0. The summed E-state index contributed by atoms with van der Waals surface area (Å²) >= 11 is 0. The lowest BCUT2D eigenvalue weighted by atomic mass is 10.3. The smallest absolute Gasteiger partial charge is 0.262 e. The zero-order valence-corrected chi connectivity index (χ0v) is 8.80. The summed E-state index contributed by atoms with van der Waals surface area (Å²) in [4.78, 5) is 9.76. The van der Waals surface area contributed by atoms with Gasteiger partial charge in [0.15, 0.2) is 0 Å². The molecule has 1 aliphatic rings. The highest BCUT2D eigenvalue weighted by Crippen LogP contribution is 2.10. The van der Waals surface area contributed by atoms with Crippen LogP contribution in [-0.2, 0) is 0 Å². The molecule has 16 heavy (non-hydrogen) atoms. The molecule has 0 aromatic carbocycles. The Morgan fingerprint density at radius 1 is 1.38 bits per heavy atom. The summed E-state index contributed by atoms with van der Waals surface area (Å²) < 4.78 is 0.456. The average molecular weight is 222 g/mol. The summed E-state index contributed by atoms with van der Waals surface area (Å²) in [6.07, 6.45) is 6.20. The fourth-order valence-corrected chi connectivity index (χ4v) is 1.56. The Kier molecular flexibility index (Phi) is 2.76. The van der Waals surface area contributed by atoms with Gasteiger partial charge in [-0.05, 0) is 12.8 Å². The van der Waals surface area contributed by atoms with Crippen LogP contribution in [-0.4, -0.2) is 33.0 Å². The zero-order valence-electron chi connectivity index (χ0n) is 8.80. The van der Waals surface area contributed by atoms with Crippen molar-refractivity contribution in [2.45, 2.75) is 12.8 Å². The summed E-state index contributed by atoms with van der Waals surface area (Å²) in [5.74, 6) is 0.266. The van der Waals surface area contributed by atoms with Gasteiger partial charge in [-0.25, -0.2) is 0 Å². The first kappa shape index (κ1) is 10.5. The van der Waals surface area contributed by atoms with Crippen LogP contribution in [0.15, 0.2) is 12.2 Å². The zero-order chi connectivity index (χ0) is 11.5. The number of allylic oxidation sites excluding steroid dienone is 1. The van der Waals surface area contributed by atoms with E-state index in [9.17, 15) is 5.21 Å². The molecule has 1 aromatic heterocycles. The van der Waals surface area contributed by atoms with Gasteiger partial charge in [0.05, 0.1) is 0 Å². The van der Waals surface area contributed by atoms with Crippen LogP contribution >= 0.6 is 0 Å². The second-order valence-electron chi connectivity index (χ2n) is 3.58.